The molecule has 0 radical (unpaired) electrons. The minimum Gasteiger partial charge on any atom is -0.361 e. The lowest BCUT2D eigenvalue weighted by atomic mass is 10.0. The zero-order chi connectivity index (χ0) is 21.5. The largest absolute Gasteiger partial charge is 0.361 e. The molecule has 3 aromatic rings. The van der Waals surface area contributed by atoms with Gasteiger partial charge in [-0.25, -0.2) is 4.39 Å². The molecule has 6 heteroatoms. The van der Waals surface area contributed by atoms with Crippen LogP contribution in [-0.2, 0) is 4.79 Å². The van der Waals surface area contributed by atoms with Crippen molar-refractivity contribution >= 4 is 22.7 Å². The molecule has 1 atom stereocenters. The highest BCUT2D eigenvalue weighted by Gasteiger charge is 2.37. The number of hydrogen-bond acceptors (Lipinski definition) is 2. The predicted octanol–water partition coefficient (Wildman–Crippen LogP) is 4.30. The van der Waals surface area contributed by atoms with E-state index in [1.807, 2.05) is 35.4 Å². The fraction of sp³-hybridized carbons (Fsp3) is 0.360. The predicted molar refractivity (Wildman–Crippen MR) is 118 cm³/mol. The summed E-state index contributed by atoms with van der Waals surface area (Å²) in [6.07, 6.45) is 4.77. The van der Waals surface area contributed by atoms with Crippen molar-refractivity contribution in [3.05, 3.63) is 60.0 Å². The van der Waals surface area contributed by atoms with E-state index < -0.39 is 5.82 Å². The number of nitrogens with one attached hydrogen (secondary N) is 1. The Morgan fingerprint density at radius 2 is 1.87 bits per heavy atom. The van der Waals surface area contributed by atoms with Crippen LogP contribution in [0.2, 0.25) is 0 Å². The molecule has 0 spiro atoms. The Labute approximate surface area is 180 Å². The van der Waals surface area contributed by atoms with Crippen molar-refractivity contribution < 1.29 is 14.0 Å². The summed E-state index contributed by atoms with van der Waals surface area (Å²) in [7, 11) is 1.71. The zero-order valence-corrected chi connectivity index (χ0v) is 17.6. The fourth-order valence-corrected chi connectivity index (χ4v) is 4.54. The molecule has 160 valence electrons. The second kappa shape index (κ2) is 7.84. The number of fused-ring (bicyclic) bond motifs is 1. The number of aromatic nitrogens is 1. The first-order valence-corrected chi connectivity index (χ1v) is 10.9. The molecule has 1 N–H and O–H groups in total. The summed E-state index contributed by atoms with van der Waals surface area (Å²) >= 11 is 0. The smallest absolute Gasteiger partial charge is 0.256 e. The number of H-pyrrole nitrogens is 1. The first-order valence-electron chi connectivity index (χ1n) is 10.9. The quantitative estimate of drug-likeness (QED) is 0.670. The van der Waals surface area contributed by atoms with Crippen LogP contribution in [0.3, 0.4) is 0 Å². The highest BCUT2D eigenvalue weighted by Crippen LogP contribution is 2.33. The topological polar surface area (TPSA) is 56.4 Å². The van der Waals surface area contributed by atoms with E-state index in [1.54, 1.807) is 24.1 Å². The number of rotatable bonds is 5. The Bertz CT molecular complexity index is 1150. The van der Waals surface area contributed by atoms with Gasteiger partial charge in [-0.05, 0) is 66.0 Å². The van der Waals surface area contributed by atoms with Crippen molar-refractivity contribution in [2.75, 3.05) is 26.7 Å². The molecule has 2 amide bonds. The van der Waals surface area contributed by atoms with Crippen molar-refractivity contribution in [3.8, 4) is 11.1 Å². The van der Waals surface area contributed by atoms with E-state index >= 15 is 0 Å². The molecule has 2 fully saturated rings. The number of nitrogens with zero attached hydrogens (tertiary/aromatic N) is 2. The zero-order valence-electron chi connectivity index (χ0n) is 17.6. The fourth-order valence-electron chi connectivity index (χ4n) is 4.54. The number of carbonyl (C=O) groups excluding carboxylic acids is 2. The van der Waals surface area contributed by atoms with Crippen LogP contribution in [0.5, 0.6) is 0 Å². The molecular formula is C25H26FN3O2. The monoisotopic (exact) mass is 419 g/mol. The number of aromatic amines is 1. The molecule has 31 heavy (non-hydrogen) atoms. The van der Waals surface area contributed by atoms with E-state index in [0.717, 1.165) is 47.8 Å². The number of carbonyl (C=O) groups is 2. The number of likely N-dealkylation sites (tertiary alicyclic amines) is 1. The minimum absolute atomic E-state index is 0.0797. The summed E-state index contributed by atoms with van der Waals surface area (Å²) in [5.41, 5.74) is 2.70. The molecule has 2 aromatic carbocycles. The average molecular weight is 420 g/mol. The molecule has 0 unspecified atom stereocenters. The molecule has 1 aromatic heterocycles. The van der Waals surface area contributed by atoms with E-state index in [-0.39, 0.29) is 29.2 Å². The summed E-state index contributed by atoms with van der Waals surface area (Å²) in [4.78, 5) is 31.8. The van der Waals surface area contributed by atoms with Gasteiger partial charge in [0, 0.05) is 44.3 Å². The molecule has 2 aliphatic rings. The van der Waals surface area contributed by atoms with Crippen LogP contribution in [0.4, 0.5) is 4.39 Å². The second-order valence-corrected chi connectivity index (χ2v) is 8.87. The van der Waals surface area contributed by atoms with E-state index in [1.165, 1.54) is 6.07 Å². The summed E-state index contributed by atoms with van der Waals surface area (Å²) in [5.74, 6) is -0.112. The molecule has 0 bridgehead atoms. The van der Waals surface area contributed by atoms with Crippen LogP contribution in [0, 0.1) is 17.7 Å². The Kier molecular flexibility index (Phi) is 5.00. The van der Waals surface area contributed by atoms with Crippen LogP contribution in [0.25, 0.3) is 22.0 Å². The first-order chi connectivity index (χ1) is 15.0. The van der Waals surface area contributed by atoms with E-state index in [9.17, 15) is 14.0 Å². The average Bonchev–Trinajstić information content (AvgIpc) is 3.33. The number of amides is 2. The number of hydrogen-bond donors (Lipinski definition) is 1. The lowest BCUT2D eigenvalue weighted by molar-refractivity contribution is -0.131. The molecule has 2 heterocycles. The van der Waals surface area contributed by atoms with Crippen LogP contribution >= 0.6 is 0 Å². The van der Waals surface area contributed by atoms with Gasteiger partial charge in [-0.3, -0.25) is 9.59 Å². The van der Waals surface area contributed by atoms with Crippen molar-refractivity contribution in [2.45, 2.75) is 19.3 Å². The van der Waals surface area contributed by atoms with E-state index in [4.69, 9.17) is 0 Å². The second-order valence-electron chi connectivity index (χ2n) is 8.87. The van der Waals surface area contributed by atoms with Gasteiger partial charge in [0.05, 0.1) is 5.56 Å². The maximum atomic E-state index is 14.9. The van der Waals surface area contributed by atoms with Gasteiger partial charge in [0.15, 0.2) is 0 Å². The number of halogens is 1. The Balaban J connectivity index is 1.26. The molecular weight excluding hydrogens is 393 g/mol. The van der Waals surface area contributed by atoms with Gasteiger partial charge in [-0.2, -0.15) is 0 Å². The van der Waals surface area contributed by atoms with Gasteiger partial charge in [0.1, 0.15) is 5.82 Å². The molecule has 1 aliphatic carbocycles. The SMILES string of the molecule is CN(C[C@@H]1CCN(C(=O)C2CC2)C1)C(=O)c1ccc(-c2ccc3cc[nH]c3c2)cc1F. The van der Waals surface area contributed by atoms with E-state index in [0.29, 0.717) is 13.1 Å². The van der Waals surface area contributed by atoms with Gasteiger partial charge in [0.2, 0.25) is 5.91 Å². The van der Waals surface area contributed by atoms with Crippen molar-refractivity contribution in [1.29, 1.82) is 0 Å². The van der Waals surface area contributed by atoms with Gasteiger partial charge in [-0.1, -0.05) is 18.2 Å². The van der Waals surface area contributed by atoms with Crippen LogP contribution in [0.1, 0.15) is 29.6 Å². The summed E-state index contributed by atoms with van der Waals surface area (Å²) < 4.78 is 14.9. The molecule has 5 rings (SSSR count). The Morgan fingerprint density at radius 1 is 1.10 bits per heavy atom. The maximum Gasteiger partial charge on any atom is 0.256 e. The lowest BCUT2D eigenvalue weighted by Gasteiger charge is -2.22. The lowest BCUT2D eigenvalue weighted by Crippen LogP contribution is -2.35. The molecule has 1 saturated heterocycles. The van der Waals surface area contributed by atoms with Gasteiger partial charge in [0.25, 0.3) is 5.91 Å². The highest BCUT2D eigenvalue weighted by molar-refractivity contribution is 5.95. The van der Waals surface area contributed by atoms with Crippen molar-refractivity contribution in [1.82, 2.24) is 14.8 Å². The third kappa shape index (κ3) is 3.94. The maximum absolute atomic E-state index is 14.9. The van der Waals surface area contributed by atoms with Gasteiger partial charge >= 0.3 is 0 Å². The third-order valence-electron chi connectivity index (χ3n) is 6.49. The van der Waals surface area contributed by atoms with Crippen molar-refractivity contribution in [2.24, 2.45) is 11.8 Å². The standard InChI is InChI=1S/C25H26FN3O2/c1-28(14-16-9-11-29(15-16)24(30)18-3-4-18)25(31)21-7-6-19(12-22(21)26)20-5-2-17-8-10-27-23(17)13-20/h2,5-8,10,12-13,16,18,27H,3-4,9,11,14-15H2,1H3/t16-/m0/s1. The van der Waals surface area contributed by atoms with Gasteiger partial charge in [-0.15, -0.1) is 0 Å². The summed E-state index contributed by atoms with van der Waals surface area (Å²) in [5, 5.41) is 1.10. The summed E-state index contributed by atoms with van der Waals surface area (Å²) in [6, 6.07) is 12.7. The Morgan fingerprint density at radius 3 is 2.65 bits per heavy atom. The highest BCUT2D eigenvalue weighted by atomic mass is 19.1. The summed E-state index contributed by atoms with van der Waals surface area (Å²) in [6.45, 7) is 1.98. The molecule has 5 nitrogen and oxygen atoms in total. The minimum atomic E-state index is -0.516. The van der Waals surface area contributed by atoms with Crippen LogP contribution in [0.15, 0.2) is 48.7 Å². The van der Waals surface area contributed by atoms with Crippen LogP contribution < -0.4 is 0 Å². The molecule has 1 aliphatic heterocycles. The third-order valence-corrected chi connectivity index (χ3v) is 6.49. The van der Waals surface area contributed by atoms with Crippen molar-refractivity contribution in [3.63, 3.8) is 0 Å². The Hall–Kier alpha value is -3.15. The molecule has 1 saturated carbocycles. The van der Waals surface area contributed by atoms with Crippen LogP contribution in [-0.4, -0.2) is 53.3 Å². The first kappa shape index (κ1) is 19.8. The van der Waals surface area contributed by atoms with Gasteiger partial charge < -0.3 is 14.8 Å². The normalized spacial score (nSPS) is 18.5. The number of benzene rings is 2. The van der Waals surface area contributed by atoms with E-state index in [2.05, 4.69) is 4.98 Å².